The quantitative estimate of drug-likeness (QED) is 0.703. The van der Waals surface area contributed by atoms with Crippen LogP contribution in [0, 0.1) is 0 Å². The molecule has 1 unspecified atom stereocenters. The smallest absolute Gasteiger partial charge is 0.138 e. The van der Waals surface area contributed by atoms with Gasteiger partial charge in [0.1, 0.15) is 5.82 Å². The highest BCUT2D eigenvalue weighted by molar-refractivity contribution is 7.98. The van der Waals surface area contributed by atoms with Crippen LogP contribution in [0.1, 0.15) is 5.82 Å². The van der Waals surface area contributed by atoms with E-state index in [1.54, 1.807) is 18.5 Å². The van der Waals surface area contributed by atoms with Crippen molar-refractivity contribution in [2.45, 2.75) is 11.9 Å². The van der Waals surface area contributed by atoms with E-state index in [0.29, 0.717) is 11.5 Å². The summed E-state index contributed by atoms with van der Waals surface area (Å²) < 4.78 is 0. The minimum Gasteiger partial charge on any atom is -0.394 e. The van der Waals surface area contributed by atoms with Gasteiger partial charge >= 0.3 is 0 Å². The van der Waals surface area contributed by atoms with Gasteiger partial charge in [-0.2, -0.15) is 11.8 Å². The Hall–Kier alpha value is -0.650. The minimum atomic E-state index is -0.645. The van der Waals surface area contributed by atoms with Crippen LogP contribution in [0.4, 0.5) is 0 Å². The number of aliphatic hydroxyl groups is 2. The van der Waals surface area contributed by atoms with Gasteiger partial charge < -0.3 is 10.2 Å². The molecule has 2 N–H and O–H groups in total. The van der Waals surface area contributed by atoms with Gasteiger partial charge in [0.05, 0.1) is 18.5 Å². The van der Waals surface area contributed by atoms with Gasteiger partial charge in [0.2, 0.25) is 0 Å². The summed E-state index contributed by atoms with van der Waals surface area (Å²) in [7, 11) is 0. The van der Waals surface area contributed by atoms with Gasteiger partial charge in [-0.25, -0.2) is 9.97 Å². The Balaban J connectivity index is 2.20. The second kappa shape index (κ2) is 5.90. The van der Waals surface area contributed by atoms with Crippen LogP contribution in [0.15, 0.2) is 18.5 Å². The Morgan fingerprint density at radius 1 is 1.38 bits per heavy atom. The van der Waals surface area contributed by atoms with Gasteiger partial charge in [0.15, 0.2) is 0 Å². The highest BCUT2D eigenvalue weighted by Gasteiger charge is 2.02. The maximum absolute atomic E-state index is 9.02. The molecule has 0 bridgehead atoms. The normalized spacial score (nSPS) is 12.8. The molecular weight excluding hydrogens is 188 g/mol. The molecule has 0 aromatic carbocycles. The van der Waals surface area contributed by atoms with Crippen molar-refractivity contribution in [2.75, 3.05) is 12.4 Å². The molecule has 72 valence electrons. The molecule has 1 atom stereocenters. The van der Waals surface area contributed by atoms with E-state index in [9.17, 15) is 0 Å². The summed E-state index contributed by atoms with van der Waals surface area (Å²) in [6, 6.07) is 1.76. The van der Waals surface area contributed by atoms with Crippen LogP contribution in [-0.4, -0.2) is 38.6 Å². The molecule has 13 heavy (non-hydrogen) atoms. The van der Waals surface area contributed by atoms with Crippen molar-refractivity contribution in [3.63, 3.8) is 0 Å². The molecule has 0 radical (unpaired) electrons. The lowest BCUT2D eigenvalue weighted by Crippen LogP contribution is -2.14. The molecule has 1 rings (SSSR count). The molecular formula is C8H12N2O2S. The Bertz CT molecular complexity index is 233. The molecule has 0 saturated carbocycles. The predicted molar refractivity (Wildman–Crippen MR) is 51.3 cm³/mol. The summed E-state index contributed by atoms with van der Waals surface area (Å²) in [4.78, 5) is 8.05. The Morgan fingerprint density at radius 2 is 2.08 bits per heavy atom. The van der Waals surface area contributed by atoms with E-state index >= 15 is 0 Å². The average molecular weight is 200 g/mol. The number of aromatic nitrogens is 2. The number of aliphatic hydroxyl groups excluding tert-OH is 2. The van der Waals surface area contributed by atoms with E-state index in [4.69, 9.17) is 10.2 Å². The van der Waals surface area contributed by atoms with Crippen molar-refractivity contribution >= 4 is 11.8 Å². The van der Waals surface area contributed by atoms with Gasteiger partial charge in [0, 0.05) is 18.1 Å². The van der Waals surface area contributed by atoms with Crippen LogP contribution in [0.3, 0.4) is 0 Å². The predicted octanol–water partition coefficient (Wildman–Crippen LogP) is 0.0630. The second-order valence-corrected chi connectivity index (χ2v) is 3.55. The summed E-state index contributed by atoms with van der Waals surface area (Å²) in [5, 5.41) is 17.6. The van der Waals surface area contributed by atoms with E-state index < -0.39 is 6.10 Å². The van der Waals surface area contributed by atoms with Crippen LogP contribution in [0.2, 0.25) is 0 Å². The van der Waals surface area contributed by atoms with Gasteiger partial charge in [-0.3, -0.25) is 0 Å². The summed E-state index contributed by atoms with van der Waals surface area (Å²) in [6.45, 7) is -0.192. The zero-order valence-corrected chi connectivity index (χ0v) is 7.94. The molecule has 0 aliphatic rings. The first kappa shape index (κ1) is 10.4. The number of hydrogen-bond acceptors (Lipinski definition) is 5. The number of nitrogens with zero attached hydrogens (tertiary/aromatic N) is 2. The molecule has 0 aliphatic carbocycles. The van der Waals surface area contributed by atoms with Crippen molar-refractivity contribution in [1.29, 1.82) is 0 Å². The third kappa shape index (κ3) is 4.21. The maximum atomic E-state index is 9.02. The minimum absolute atomic E-state index is 0.192. The van der Waals surface area contributed by atoms with E-state index in [2.05, 4.69) is 9.97 Å². The molecule has 0 fully saturated rings. The Morgan fingerprint density at radius 3 is 2.69 bits per heavy atom. The zero-order chi connectivity index (χ0) is 9.52. The van der Waals surface area contributed by atoms with E-state index in [-0.39, 0.29) is 6.61 Å². The number of thioether (sulfide) groups is 1. The van der Waals surface area contributed by atoms with Gasteiger partial charge in [0.25, 0.3) is 0 Å². The summed E-state index contributed by atoms with van der Waals surface area (Å²) in [5.74, 6) is 1.92. The Kier molecular flexibility index (Phi) is 4.74. The van der Waals surface area contributed by atoms with Gasteiger partial charge in [-0.15, -0.1) is 0 Å². The third-order valence-corrected chi connectivity index (χ3v) is 2.45. The third-order valence-electron chi connectivity index (χ3n) is 1.37. The molecule has 1 heterocycles. The molecule has 0 spiro atoms. The van der Waals surface area contributed by atoms with E-state index in [1.807, 2.05) is 0 Å². The summed E-state index contributed by atoms with van der Waals surface area (Å²) in [5.41, 5.74) is 0. The number of hydrogen-bond donors (Lipinski definition) is 2. The fourth-order valence-corrected chi connectivity index (χ4v) is 1.57. The van der Waals surface area contributed by atoms with Crippen LogP contribution in [0.25, 0.3) is 0 Å². The monoisotopic (exact) mass is 200 g/mol. The van der Waals surface area contributed by atoms with Gasteiger partial charge in [-0.05, 0) is 6.07 Å². The SMILES string of the molecule is OCC(O)CSCc1ncccn1. The highest BCUT2D eigenvalue weighted by Crippen LogP contribution is 2.08. The standard InChI is InChI=1S/C8H12N2O2S/c11-4-7(12)5-13-6-8-9-2-1-3-10-8/h1-3,7,11-12H,4-6H2. The number of rotatable bonds is 5. The van der Waals surface area contributed by atoms with Crippen LogP contribution in [-0.2, 0) is 5.75 Å². The van der Waals surface area contributed by atoms with Crippen molar-refractivity contribution < 1.29 is 10.2 Å². The zero-order valence-electron chi connectivity index (χ0n) is 7.13. The fraction of sp³-hybridized carbons (Fsp3) is 0.500. The highest BCUT2D eigenvalue weighted by atomic mass is 32.2. The van der Waals surface area contributed by atoms with Crippen LogP contribution in [0.5, 0.6) is 0 Å². The molecule has 1 aromatic heterocycles. The lowest BCUT2D eigenvalue weighted by molar-refractivity contribution is 0.113. The second-order valence-electron chi connectivity index (χ2n) is 2.52. The molecule has 0 aliphatic heterocycles. The molecule has 5 heteroatoms. The molecule has 0 amide bonds. The maximum Gasteiger partial charge on any atom is 0.138 e. The van der Waals surface area contributed by atoms with E-state index in [0.717, 1.165) is 5.82 Å². The fourth-order valence-electron chi connectivity index (χ4n) is 0.743. The summed E-state index contributed by atoms with van der Waals surface area (Å²) >= 11 is 1.50. The first-order chi connectivity index (χ1) is 6.33. The van der Waals surface area contributed by atoms with Crippen LogP contribution >= 0.6 is 11.8 Å². The average Bonchev–Trinajstić information content (AvgIpc) is 2.19. The molecule has 1 aromatic rings. The van der Waals surface area contributed by atoms with E-state index in [1.165, 1.54) is 11.8 Å². The van der Waals surface area contributed by atoms with Gasteiger partial charge in [-0.1, -0.05) is 0 Å². The first-order valence-electron chi connectivity index (χ1n) is 3.95. The first-order valence-corrected chi connectivity index (χ1v) is 5.11. The molecule has 4 nitrogen and oxygen atoms in total. The van der Waals surface area contributed by atoms with Crippen molar-refractivity contribution in [3.8, 4) is 0 Å². The topological polar surface area (TPSA) is 66.2 Å². The largest absolute Gasteiger partial charge is 0.394 e. The van der Waals surface area contributed by atoms with Crippen molar-refractivity contribution in [3.05, 3.63) is 24.3 Å². The molecule has 0 saturated heterocycles. The van der Waals surface area contributed by atoms with Crippen molar-refractivity contribution in [1.82, 2.24) is 9.97 Å². The lowest BCUT2D eigenvalue weighted by atomic mass is 10.4. The van der Waals surface area contributed by atoms with Crippen LogP contribution < -0.4 is 0 Å². The van der Waals surface area contributed by atoms with Crippen molar-refractivity contribution in [2.24, 2.45) is 0 Å². The lowest BCUT2D eigenvalue weighted by Gasteiger charge is -2.04. The summed E-state index contributed by atoms with van der Waals surface area (Å²) in [6.07, 6.45) is 2.73. The Labute approximate surface area is 81.0 Å².